The van der Waals surface area contributed by atoms with Gasteiger partial charge in [0.25, 0.3) is 0 Å². The van der Waals surface area contributed by atoms with Crippen molar-refractivity contribution in [3.63, 3.8) is 0 Å². The largest absolute Gasteiger partial charge is 0.198 e. The molecule has 0 aromatic rings. The van der Waals surface area contributed by atoms with Crippen molar-refractivity contribution >= 4 is 0 Å². The molecule has 1 fully saturated rings. The Bertz CT molecular complexity index is 318. The maximum atomic E-state index is 8.88. The van der Waals surface area contributed by atoms with Gasteiger partial charge in [0.2, 0.25) is 0 Å². The number of hydrogen-bond acceptors (Lipinski definition) is 2. The van der Waals surface area contributed by atoms with Crippen molar-refractivity contribution in [2.45, 2.75) is 25.7 Å². The highest BCUT2D eigenvalue weighted by molar-refractivity contribution is 5.21. The lowest BCUT2D eigenvalue weighted by Gasteiger charge is -2.22. The predicted octanol–water partition coefficient (Wildman–Crippen LogP) is 2.40. The molecule has 0 saturated heterocycles. The van der Waals surface area contributed by atoms with E-state index in [0.717, 1.165) is 19.3 Å². The Hall–Kier alpha value is -1.28. The van der Waals surface area contributed by atoms with E-state index in [2.05, 4.69) is 24.3 Å². The van der Waals surface area contributed by atoms with Crippen LogP contribution in [0.3, 0.4) is 0 Å². The van der Waals surface area contributed by atoms with Crippen molar-refractivity contribution in [3.05, 3.63) is 12.2 Å². The molecule has 0 radical (unpaired) electrons. The highest BCUT2D eigenvalue weighted by Gasteiger charge is 2.46. The van der Waals surface area contributed by atoms with Gasteiger partial charge in [-0.15, -0.1) is 0 Å². The molecule has 0 aromatic heterocycles. The van der Waals surface area contributed by atoms with Gasteiger partial charge < -0.3 is 0 Å². The van der Waals surface area contributed by atoms with Crippen LogP contribution in [0.1, 0.15) is 25.7 Å². The third-order valence-electron chi connectivity index (χ3n) is 3.38. The summed E-state index contributed by atoms with van der Waals surface area (Å²) in [5, 5.41) is 17.4. The van der Waals surface area contributed by atoms with Gasteiger partial charge in [0.15, 0.2) is 0 Å². The first-order valence-corrected chi connectivity index (χ1v) is 4.76. The first kappa shape index (κ1) is 8.32. The molecule has 0 amide bonds. The number of nitrogens with zero attached hydrogens (tertiary/aromatic N) is 2. The van der Waals surface area contributed by atoms with Gasteiger partial charge in [-0.1, -0.05) is 12.2 Å². The van der Waals surface area contributed by atoms with Crippen LogP contribution >= 0.6 is 0 Å². The Balaban J connectivity index is 2.09. The monoisotopic (exact) mass is 172 g/mol. The molecule has 13 heavy (non-hydrogen) atoms. The zero-order valence-corrected chi connectivity index (χ0v) is 7.53. The summed E-state index contributed by atoms with van der Waals surface area (Å²) in [6, 6.07) is 4.55. The van der Waals surface area contributed by atoms with Crippen LogP contribution in [-0.2, 0) is 0 Å². The van der Waals surface area contributed by atoms with E-state index in [4.69, 9.17) is 10.5 Å². The number of fused-ring (bicyclic) bond motifs is 2. The van der Waals surface area contributed by atoms with Gasteiger partial charge in [0.05, 0.1) is 18.1 Å². The third-order valence-corrected chi connectivity index (χ3v) is 3.38. The Labute approximate surface area is 78.5 Å². The molecule has 3 atom stereocenters. The van der Waals surface area contributed by atoms with Crippen molar-refractivity contribution in [2.75, 3.05) is 0 Å². The van der Waals surface area contributed by atoms with Crippen LogP contribution in [0.25, 0.3) is 0 Å². The molecule has 3 unspecified atom stereocenters. The molecule has 0 heterocycles. The minimum absolute atomic E-state index is 0.209. The second kappa shape index (κ2) is 2.89. The van der Waals surface area contributed by atoms with Crippen LogP contribution in [-0.4, -0.2) is 0 Å². The summed E-state index contributed by atoms with van der Waals surface area (Å²) in [6.45, 7) is 0. The minimum atomic E-state index is 0.209. The smallest absolute Gasteiger partial charge is 0.0662 e. The topological polar surface area (TPSA) is 47.6 Å². The molecule has 0 aliphatic heterocycles. The van der Waals surface area contributed by atoms with E-state index in [-0.39, 0.29) is 11.3 Å². The fourth-order valence-electron chi connectivity index (χ4n) is 2.68. The summed E-state index contributed by atoms with van der Waals surface area (Å²) >= 11 is 0. The summed E-state index contributed by atoms with van der Waals surface area (Å²) in [4.78, 5) is 0. The SMILES string of the molecule is N#CCCC12C=CC(C1)C(C#N)C2. The fraction of sp³-hybridized carbons (Fsp3) is 0.636. The van der Waals surface area contributed by atoms with Crippen LogP contribution in [0.4, 0.5) is 0 Å². The molecule has 2 rings (SSSR count). The molecule has 2 bridgehead atoms. The lowest BCUT2D eigenvalue weighted by Crippen LogP contribution is -2.13. The van der Waals surface area contributed by atoms with E-state index in [9.17, 15) is 0 Å². The van der Waals surface area contributed by atoms with E-state index in [1.54, 1.807) is 0 Å². The van der Waals surface area contributed by atoms with Crippen molar-refractivity contribution < 1.29 is 0 Å². The average Bonchev–Trinajstić information content (AvgIpc) is 2.72. The quantitative estimate of drug-likeness (QED) is 0.600. The summed E-state index contributed by atoms with van der Waals surface area (Å²) in [5.41, 5.74) is 0.209. The zero-order valence-electron chi connectivity index (χ0n) is 7.53. The maximum absolute atomic E-state index is 8.88. The molecule has 2 nitrogen and oxygen atoms in total. The molecular weight excluding hydrogens is 160 g/mol. The second-order valence-corrected chi connectivity index (χ2v) is 4.19. The van der Waals surface area contributed by atoms with Crippen LogP contribution in [0.15, 0.2) is 12.2 Å². The first-order chi connectivity index (χ1) is 6.29. The van der Waals surface area contributed by atoms with Gasteiger partial charge in [0.1, 0.15) is 0 Å². The molecule has 1 saturated carbocycles. The van der Waals surface area contributed by atoms with E-state index in [0.29, 0.717) is 12.3 Å². The van der Waals surface area contributed by atoms with E-state index in [1.165, 1.54) is 0 Å². The zero-order chi connectivity index (χ0) is 9.31. The molecule has 66 valence electrons. The van der Waals surface area contributed by atoms with Gasteiger partial charge in [-0.2, -0.15) is 10.5 Å². The lowest BCUT2D eigenvalue weighted by molar-refractivity contribution is 0.366. The van der Waals surface area contributed by atoms with E-state index >= 15 is 0 Å². The fourth-order valence-corrected chi connectivity index (χ4v) is 2.68. The Kier molecular flexibility index (Phi) is 1.85. The number of rotatable bonds is 2. The Morgan fingerprint density at radius 2 is 2.23 bits per heavy atom. The molecule has 2 aliphatic carbocycles. The van der Waals surface area contributed by atoms with Crippen LogP contribution in [0, 0.1) is 39.9 Å². The van der Waals surface area contributed by atoms with Crippen LogP contribution in [0.5, 0.6) is 0 Å². The summed E-state index contributed by atoms with van der Waals surface area (Å²) in [5.74, 6) is 0.687. The molecule has 2 aliphatic rings. The lowest BCUT2D eigenvalue weighted by atomic mass is 9.81. The Morgan fingerprint density at radius 1 is 1.38 bits per heavy atom. The highest BCUT2D eigenvalue weighted by Crippen LogP contribution is 2.54. The number of allylic oxidation sites excluding steroid dienone is 2. The first-order valence-electron chi connectivity index (χ1n) is 4.76. The third kappa shape index (κ3) is 1.23. The van der Waals surface area contributed by atoms with Crippen LogP contribution < -0.4 is 0 Å². The Morgan fingerprint density at radius 3 is 2.85 bits per heavy atom. The van der Waals surface area contributed by atoms with Crippen molar-refractivity contribution in [1.82, 2.24) is 0 Å². The van der Waals surface area contributed by atoms with Crippen LogP contribution in [0.2, 0.25) is 0 Å². The molecule has 0 spiro atoms. The highest BCUT2D eigenvalue weighted by atomic mass is 14.5. The molecule has 0 N–H and O–H groups in total. The second-order valence-electron chi connectivity index (χ2n) is 4.19. The normalized spacial score (nSPS) is 40.2. The van der Waals surface area contributed by atoms with Gasteiger partial charge in [-0.25, -0.2) is 0 Å². The number of hydrogen-bond donors (Lipinski definition) is 0. The van der Waals surface area contributed by atoms with Crippen molar-refractivity contribution in [2.24, 2.45) is 17.3 Å². The summed E-state index contributed by atoms with van der Waals surface area (Å²) < 4.78 is 0. The van der Waals surface area contributed by atoms with Crippen molar-refractivity contribution in [3.8, 4) is 12.1 Å². The maximum Gasteiger partial charge on any atom is 0.0662 e. The molecular formula is C11H12N2. The standard InChI is InChI=1S/C11H12N2/c12-5-1-3-11-4-2-9(6-11)10(7-11)8-13/h2,4,9-10H,1,3,6-7H2. The summed E-state index contributed by atoms with van der Waals surface area (Å²) in [6.07, 6.45) is 8.06. The van der Waals surface area contributed by atoms with Crippen molar-refractivity contribution in [1.29, 1.82) is 10.5 Å². The van der Waals surface area contributed by atoms with Gasteiger partial charge in [-0.3, -0.25) is 0 Å². The predicted molar refractivity (Wildman–Crippen MR) is 48.2 cm³/mol. The summed E-state index contributed by atoms with van der Waals surface area (Å²) in [7, 11) is 0. The average molecular weight is 172 g/mol. The number of nitriles is 2. The van der Waals surface area contributed by atoms with E-state index < -0.39 is 0 Å². The van der Waals surface area contributed by atoms with Gasteiger partial charge in [0, 0.05) is 6.42 Å². The van der Waals surface area contributed by atoms with E-state index in [1.807, 2.05) is 0 Å². The molecule has 0 aromatic carbocycles. The molecule has 2 heteroatoms. The van der Waals surface area contributed by atoms with Gasteiger partial charge >= 0.3 is 0 Å². The minimum Gasteiger partial charge on any atom is -0.198 e. The van der Waals surface area contributed by atoms with Gasteiger partial charge in [-0.05, 0) is 30.6 Å².